The highest BCUT2D eigenvalue weighted by Crippen LogP contribution is 2.30. The fourth-order valence-electron chi connectivity index (χ4n) is 2.76. The highest BCUT2D eigenvalue weighted by molar-refractivity contribution is 9.10. The molecule has 3 rings (SSSR count). The molecular weight excluding hydrogens is 408 g/mol. The second-order valence-electron chi connectivity index (χ2n) is 5.74. The maximum Gasteiger partial charge on any atom is 0.322 e. The van der Waals surface area contributed by atoms with E-state index >= 15 is 0 Å². The first-order valence-corrected chi connectivity index (χ1v) is 8.47. The van der Waals surface area contributed by atoms with E-state index < -0.39 is 35.3 Å². The normalized spacial score (nSPS) is 12.7. The van der Waals surface area contributed by atoms with Crippen LogP contribution in [0.15, 0.2) is 33.5 Å². The molecule has 0 saturated carbocycles. The topological polar surface area (TPSA) is 118 Å². The lowest BCUT2D eigenvalue weighted by molar-refractivity contribution is -0.135. The molecule has 1 aliphatic heterocycles. The maximum atomic E-state index is 12.8. The molecule has 0 fully saturated rings. The van der Waals surface area contributed by atoms with Crippen LogP contribution in [0.2, 0.25) is 0 Å². The number of aromatic hydroxyl groups is 1. The lowest BCUT2D eigenvalue weighted by Crippen LogP contribution is -2.37. The van der Waals surface area contributed by atoms with Gasteiger partial charge in [0.15, 0.2) is 0 Å². The number of carbonyl (C=O) groups excluding carboxylic acids is 1. The molecule has 136 valence electrons. The molecule has 1 amide bonds. The number of nitrogens with one attached hydrogen (secondary N) is 1. The maximum absolute atomic E-state index is 12.8. The van der Waals surface area contributed by atoms with Gasteiger partial charge in [-0.1, -0.05) is 28.1 Å². The number of aliphatic carboxylic acids is 1. The minimum Gasteiger partial charge on any atom is -0.506 e. The summed E-state index contributed by atoms with van der Waals surface area (Å²) < 4.78 is 7.59. The molecule has 0 unspecified atom stereocenters. The second-order valence-corrected chi connectivity index (χ2v) is 6.65. The van der Waals surface area contributed by atoms with Gasteiger partial charge in [-0.05, 0) is 17.7 Å². The number of amides is 1. The van der Waals surface area contributed by atoms with Crippen LogP contribution in [0, 0.1) is 0 Å². The zero-order chi connectivity index (χ0) is 18.8. The number of pyridine rings is 1. The van der Waals surface area contributed by atoms with Crippen molar-refractivity contribution in [2.24, 2.45) is 0 Å². The van der Waals surface area contributed by atoms with Crippen molar-refractivity contribution < 1.29 is 24.5 Å². The van der Waals surface area contributed by atoms with Gasteiger partial charge < -0.3 is 24.8 Å². The van der Waals surface area contributed by atoms with Crippen LogP contribution in [0.25, 0.3) is 0 Å². The Balaban J connectivity index is 2.06. The van der Waals surface area contributed by atoms with E-state index in [1.165, 1.54) is 4.57 Å². The third-order valence-corrected chi connectivity index (χ3v) is 4.55. The van der Waals surface area contributed by atoms with Crippen molar-refractivity contribution in [3.8, 4) is 5.75 Å². The highest BCUT2D eigenvalue weighted by atomic mass is 79.9. The molecule has 2 heterocycles. The number of halogens is 1. The van der Waals surface area contributed by atoms with E-state index in [4.69, 9.17) is 9.84 Å². The zero-order valence-corrected chi connectivity index (χ0v) is 15.1. The Morgan fingerprint density at radius 3 is 2.58 bits per heavy atom. The van der Waals surface area contributed by atoms with E-state index in [2.05, 4.69) is 21.2 Å². The van der Waals surface area contributed by atoms with Crippen molar-refractivity contribution in [1.29, 1.82) is 0 Å². The van der Waals surface area contributed by atoms with E-state index in [1.54, 1.807) is 0 Å². The van der Waals surface area contributed by atoms with Crippen LogP contribution in [0.5, 0.6) is 5.75 Å². The summed E-state index contributed by atoms with van der Waals surface area (Å²) >= 11 is 3.34. The summed E-state index contributed by atoms with van der Waals surface area (Å²) in [6, 6.07) is 7.32. The minimum atomic E-state index is -1.25. The molecule has 1 aromatic heterocycles. The second kappa shape index (κ2) is 7.30. The predicted octanol–water partition coefficient (Wildman–Crippen LogP) is 1.21. The van der Waals surface area contributed by atoms with Crippen molar-refractivity contribution in [1.82, 2.24) is 9.88 Å². The molecule has 0 radical (unpaired) electrons. The minimum absolute atomic E-state index is 0.0704. The van der Waals surface area contributed by atoms with E-state index in [0.29, 0.717) is 11.3 Å². The van der Waals surface area contributed by atoms with Crippen LogP contribution in [-0.4, -0.2) is 33.2 Å². The molecular formula is C17H15BrN2O6. The summed E-state index contributed by atoms with van der Waals surface area (Å²) in [7, 11) is 0. The van der Waals surface area contributed by atoms with E-state index in [9.17, 15) is 19.5 Å². The number of hydrogen-bond acceptors (Lipinski definition) is 5. The molecule has 0 bridgehead atoms. The van der Waals surface area contributed by atoms with Gasteiger partial charge >= 0.3 is 5.97 Å². The Hall–Kier alpha value is -2.65. The van der Waals surface area contributed by atoms with Gasteiger partial charge in [-0.3, -0.25) is 14.4 Å². The van der Waals surface area contributed by atoms with Crippen molar-refractivity contribution in [2.45, 2.75) is 19.8 Å². The lowest BCUT2D eigenvalue weighted by Gasteiger charge is -2.15. The van der Waals surface area contributed by atoms with Crippen molar-refractivity contribution in [3.63, 3.8) is 0 Å². The Morgan fingerprint density at radius 1 is 1.23 bits per heavy atom. The van der Waals surface area contributed by atoms with Crippen LogP contribution in [0.4, 0.5) is 0 Å². The number of ether oxygens (including phenoxy) is 1. The molecule has 1 aliphatic rings. The third-order valence-electron chi connectivity index (χ3n) is 4.02. The Bertz CT molecular complexity index is 936. The van der Waals surface area contributed by atoms with Gasteiger partial charge in [0.1, 0.15) is 17.9 Å². The number of carboxylic acids is 1. The van der Waals surface area contributed by atoms with Gasteiger partial charge in [-0.25, -0.2) is 0 Å². The van der Waals surface area contributed by atoms with Crippen LogP contribution < -0.4 is 10.9 Å². The fraction of sp³-hybridized carbons (Fsp3) is 0.235. The Kier molecular flexibility index (Phi) is 5.10. The SMILES string of the molecule is O=C(O)CNC(=O)c1c(O)c2c(n(Cc3ccc(Br)cc3)c1=O)COC2. The molecule has 1 aromatic carbocycles. The van der Waals surface area contributed by atoms with Gasteiger partial charge in [0.05, 0.1) is 25.5 Å². The molecule has 0 aliphatic carbocycles. The number of carboxylic acid groups (broad SMARTS) is 1. The monoisotopic (exact) mass is 422 g/mol. The number of hydrogen-bond donors (Lipinski definition) is 3. The molecule has 26 heavy (non-hydrogen) atoms. The number of fused-ring (bicyclic) bond motifs is 1. The Labute approximate surface area is 156 Å². The Morgan fingerprint density at radius 2 is 1.92 bits per heavy atom. The summed E-state index contributed by atoms with van der Waals surface area (Å²) in [5, 5.41) is 21.1. The quantitative estimate of drug-likeness (QED) is 0.666. The van der Waals surface area contributed by atoms with Crippen LogP contribution in [-0.2, 0) is 29.3 Å². The highest BCUT2D eigenvalue weighted by Gasteiger charge is 2.29. The number of aromatic nitrogens is 1. The van der Waals surface area contributed by atoms with Crippen LogP contribution in [0.3, 0.4) is 0 Å². The van der Waals surface area contributed by atoms with E-state index in [1.807, 2.05) is 24.3 Å². The first kappa shape index (κ1) is 18.2. The largest absolute Gasteiger partial charge is 0.506 e. The van der Waals surface area contributed by atoms with Gasteiger partial charge in [-0.2, -0.15) is 0 Å². The third kappa shape index (κ3) is 3.49. The lowest BCUT2D eigenvalue weighted by atomic mass is 10.1. The molecule has 8 nitrogen and oxygen atoms in total. The van der Waals surface area contributed by atoms with Crippen molar-refractivity contribution in [2.75, 3.05) is 6.54 Å². The molecule has 9 heteroatoms. The fourth-order valence-corrected chi connectivity index (χ4v) is 3.03. The standard InChI is InChI=1S/C17H15BrN2O6/c18-10-3-1-9(2-4-10)6-20-12-8-26-7-11(12)15(23)14(17(20)25)16(24)19-5-13(21)22/h1-4,23H,5-8H2,(H,19,24)(H,21,22). The average molecular weight is 423 g/mol. The van der Waals surface area contributed by atoms with E-state index in [-0.39, 0.29) is 19.8 Å². The summed E-state index contributed by atoms with van der Waals surface area (Å²) in [5.41, 5.74) is 0.518. The molecule has 0 spiro atoms. The molecule has 2 aromatic rings. The first-order chi connectivity index (χ1) is 12.4. The summed E-state index contributed by atoms with van der Waals surface area (Å²) in [5.74, 6) is -2.65. The first-order valence-electron chi connectivity index (χ1n) is 7.68. The number of nitrogens with zero attached hydrogens (tertiary/aromatic N) is 1. The van der Waals surface area contributed by atoms with Gasteiger partial charge in [0.2, 0.25) is 0 Å². The summed E-state index contributed by atoms with van der Waals surface area (Å²) in [6.45, 7) is -0.248. The summed E-state index contributed by atoms with van der Waals surface area (Å²) in [4.78, 5) is 35.7. The zero-order valence-electron chi connectivity index (χ0n) is 13.5. The average Bonchev–Trinajstić information content (AvgIpc) is 3.08. The molecule has 0 atom stereocenters. The number of rotatable bonds is 5. The smallest absolute Gasteiger partial charge is 0.322 e. The number of benzene rings is 1. The van der Waals surface area contributed by atoms with Crippen LogP contribution in [0.1, 0.15) is 27.2 Å². The van der Waals surface area contributed by atoms with Crippen molar-refractivity contribution >= 4 is 27.8 Å². The predicted molar refractivity (Wildman–Crippen MR) is 94.1 cm³/mol. The van der Waals surface area contributed by atoms with E-state index in [0.717, 1.165) is 10.0 Å². The van der Waals surface area contributed by atoms with Gasteiger partial charge in [0, 0.05) is 10.0 Å². The van der Waals surface area contributed by atoms with Gasteiger partial charge in [-0.15, -0.1) is 0 Å². The summed E-state index contributed by atoms with van der Waals surface area (Å²) in [6.07, 6.45) is 0. The number of carbonyl (C=O) groups is 2. The van der Waals surface area contributed by atoms with Crippen molar-refractivity contribution in [3.05, 3.63) is 61.5 Å². The van der Waals surface area contributed by atoms with Crippen LogP contribution >= 0.6 is 15.9 Å². The molecule has 3 N–H and O–H groups in total. The molecule has 0 saturated heterocycles. The van der Waals surface area contributed by atoms with Gasteiger partial charge in [0.25, 0.3) is 11.5 Å².